The van der Waals surface area contributed by atoms with E-state index in [-0.39, 0.29) is 11.5 Å². The highest BCUT2D eigenvalue weighted by Crippen LogP contribution is 2.37. The molecule has 0 aliphatic rings. The van der Waals surface area contributed by atoms with Crippen LogP contribution < -0.4 is 23.7 Å². The SMILES string of the molecule is O=C(O)Oc1ccc(Oc2ccc(OC(=O)O)c(OC(=O)O)c2)cc1OC(=O)O. The average molecular weight is 410 g/mol. The first-order valence-corrected chi connectivity index (χ1v) is 7.23. The van der Waals surface area contributed by atoms with E-state index in [0.717, 1.165) is 24.3 Å². The maximum atomic E-state index is 10.7. The van der Waals surface area contributed by atoms with Gasteiger partial charge < -0.3 is 44.1 Å². The van der Waals surface area contributed by atoms with Crippen molar-refractivity contribution >= 4 is 24.6 Å². The van der Waals surface area contributed by atoms with Crippen LogP contribution in [0.1, 0.15) is 0 Å². The Morgan fingerprint density at radius 1 is 0.517 bits per heavy atom. The van der Waals surface area contributed by atoms with Gasteiger partial charge in [0.05, 0.1) is 0 Å². The molecule has 4 N–H and O–H groups in total. The van der Waals surface area contributed by atoms with Crippen LogP contribution in [0.3, 0.4) is 0 Å². The highest BCUT2D eigenvalue weighted by molar-refractivity contribution is 5.69. The lowest BCUT2D eigenvalue weighted by atomic mass is 10.2. The molecule has 13 nitrogen and oxygen atoms in total. The summed E-state index contributed by atoms with van der Waals surface area (Å²) in [5, 5.41) is 34.8. The first-order chi connectivity index (χ1) is 13.6. The van der Waals surface area contributed by atoms with E-state index in [2.05, 4.69) is 18.9 Å². The summed E-state index contributed by atoms with van der Waals surface area (Å²) < 4.78 is 23.0. The average Bonchev–Trinajstić information content (AvgIpc) is 2.58. The van der Waals surface area contributed by atoms with Gasteiger partial charge >= 0.3 is 24.6 Å². The number of carbonyl (C=O) groups is 4. The highest BCUT2D eigenvalue weighted by Gasteiger charge is 2.17. The van der Waals surface area contributed by atoms with Gasteiger partial charge in [0.25, 0.3) is 0 Å². The minimum absolute atomic E-state index is 0.0628. The number of hydrogen-bond donors (Lipinski definition) is 4. The molecule has 0 saturated heterocycles. The van der Waals surface area contributed by atoms with Crippen LogP contribution in [0.5, 0.6) is 34.5 Å². The third-order valence-corrected chi connectivity index (χ3v) is 2.86. The maximum Gasteiger partial charge on any atom is 0.511 e. The number of carboxylic acid groups (broad SMARTS) is 4. The van der Waals surface area contributed by atoms with Gasteiger partial charge in [-0.3, -0.25) is 0 Å². The Labute approximate surface area is 159 Å². The molecule has 0 fully saturated rings. The molecule has 2 rings (SSSR count). The zero-order valence-corrected chi connectivity index (χ0v) is 13.9. The Morgan fingerprint density at radius 2 is 0.828 bits per heavy atom. The largest absolute Gasteiger partial charge is 0.511 e. The van der Waals surface area contributed by atoms with Crippen LogP contribution >= 0.6 is 0 Å². The standard InChI is InChI=1S/C16H10O13/c17-13(18)26-9-3-1-7(5-11(9)28-15(21)22)25-8-2-4-10(27-14(19)20)12(6-8)29-16(23)24/h1-6H,(H,17,18)(H,19,20)(H,21,22)(H,23,24). The van der Waals surface area contributed by atoms with Crippen molar-refractivity contribution in [1.29, 1.82) is 0 Å². The quantitative estimate of drug-likeness (QED) is 0.397. The fourth-order valence-corrected chi connectivity index (χ4v) is 1.94. The van der Waals surface area contributed by atoms with Crippen LogP contribution in [0, 0.1) is 0 Å². The van der Waals surface area contributed by atoms with E-state index in [0.29, 0.717) is 0 Å². The van der Waals surface area contributed by atoms with Crippen molar-refractivity contribution in [1.82, 2.24) is 0 Å². The molecular formula is C16H10O13. The van der Waals surface area contributed by atoms with Crippen molar-refractivity contribution in [2.75, 3.05) is 0 Å². The van der Waals surface area contributed by atoms with E-state index in [9.17, 15) is 19.2 Å². The molecule has 0 saturated carbocycles. The van der Waals surface area contributed by atoms with E-state index < -0.39 is 47.6 Å². The van der Waals surface area contributed by atoms with E-state index in [1.54, 1.807) is 0 Å². The Bertz CT molecular complexity index is 888. The molecule has 0 amide bonds. The Morgan fingerprint density at radius 3 is 1.14 bits per heavy atom. The number of rotatable bonds is 6. The smallest absolute Gasteiger partial charge is 0.457 e. The molecule has 2 aromatic rings. The Balaban J connectivity index is 2.34. The van der Waals surface area contributed by atoms with E-state index in [1.165, 1.54) is 12.1 Å². The molecule has 2 aromatic carbocycles. The Kier molecular flexibility index (Phi) is 6.26. The van der Waals surface area contributed by atoms with Crippen molar-refractivity contribution in [3.05, 3.63) is 36.4 Å². The number of hydrogen-bond acceptors (Lipinski definition) is 9. The minimum atomic E-state index is -1.75. The molecule has 0 bridgehead atoms. The van der Waals surface area contributed by atoms with Crippen LogP contribution in [0.25, 0.3) is 0 Å². The van der Waals surface area contributed by atoms with Crippen molar-refractivity contribution in [3.8, 4) is 34.5 Å². The molecule has 0 atom stereocenters. The van der Waals surface area contributed by atoms with Crippen molar-refractivity contribution in [2.24, 2.45) is 0 Å². The summed E-state index contributed by atoms with van der Waals surface area (Å²) in [7, 11) is 0. The van der Waals surface area contributed by atoms with Gasteiger partial charge in [-0.15, -0.1) is 0 Å². The predicted molar refractivity (Wildman–Crippen MR) is 87.6 cm³/mol. The summed E-state index contributed by atoms with van der Waals surface area (Å²) in [5.41, 5.74) is 0. The van der Waals surface area contributed by atoms with Crippen molar-refractivity contribution in [3.63, 3.8) is 0 Å². The molecular weight excluding hydrogens is 400 g/mol. The van der Waals surface area contributed by atoms with Crippen LogP contribution in [0.15, 0.2) is 36.4 Å². The van der Waals surface area contributed by atoms with Gasteiger partial charge in [0.15, 0.2) is 23.0 Å². The fourth-order valence-electron chi connectivity index (χ4n) is 1.94. The second-order valence-electron chi connectivity index (χ2n) is 4.79. The first-order valence-electron chi connectivity index (χ1n) is 7.23. The molecule has 0 aliphatic heterocycles. The van der Waals surface area contributed by atoms with Crippen LogP contribution in [0.2, 0.25) is 0 Å². The fraction of sp³-hybridized carbons (Fsp3) is 0. The maximum absolute atomic E-state index is 10.7. The number of benzene rings is 2. The molecule has 0 radical (unpaired) electrons. The molecule has 0 heterocycles. The van der Waals surface area contributed by atoms with Gasteiger partial charge in [-0.2, -0.15) is 0 Å². The normalized spacial score (nSPS) is 9.79. The van der Waals surface area contributed by atoms with Gasteiger partial charge in [-0.1, -0.05) is 0 Å². The van der Waals surface area contributed by atoms with Gasteiger partial charge in [0.2, 0.25) is 0 Å². The first kappa shape index (κ1) is 20.6. The molecule has 0 aromatic heterocycles. The summed E-state index contributed by atoms with van der Waals surface area (Å²) in [5.74, 6) is -1.96. The summed E-state index contributed by atoms with van der Waals surface area (Å²) >= 11 is 0. The third kappa shape index (κ3) is 6.21. The zero-order valence-electron chi connectivity index (χ0n) is 13.9. The van der Waals surface area contributed by atoms with Crippen LogP contribution in [-0.2, 0) is 0 Å². The van der Waals surface area contributed by atoms with Crippen LogP contribution in [0.4, 0.5) is 19.2 Å². The molecule has 29 heavy (non-hydrogen) atoms. The van der Waals surface area contributed by atoms with E-state index in [4.69, 9.17) is 25.2 Å². The van der Waals surface area contributed by atoms with E-state index >= 15 is 0 Å². The van der Waals surface area contributed by atoms with Crippen molar-refractivity contribution < 1.29 is 63.3 Å². The topological polar surface area (TPSA) is 195 Å². The summed E-state index contributed by atoms with van der Waals surface area (Å²) in [6, 6.07) is 6.49. The highest BCUT2D eigenvalue weighted by atomic mass is 16.7. The Hall–Kier alpha value is -4.68. The van der Waals surface area contributed by atoms with Crippen LogP contribution in [-0.4, -0.2) is 45.0 Å². The lowest BCUT2D eigenvalue weighted by Gasteiger charge is -2.12. The molecule has 152 valence electrons. The van der Waals surface area contributed by atoms with Gasteiger partial charge in [-0.05, 0) is 24.3 Å². The molecule has 0 spiro atoms. The summed E-state index contributed by atoms with van der Waals surface area (Å²) in [6.45, 7) is 0. The number of ether oxygens (including phenoxy) is 5. The monoisotopic (exact) mass is 410 g/mol. The van der Waals surface area contributed by atoms with E-state index in [1.807, 2.05) is 0 Å². The minimum Gasteiger partial charge on any atom is -0.457 e. The van der Waals surface area contributed by atoms with Gasteiger partial charge in [0.1, 0.15) is 11.5 Å². The van der Waals surface area contributed by atoms with Crippen molar-refractivity contribution in [2.45, 2.75) is 0 Å². The lowest BCUT2D eigenvalue weighted by Crippen LogP contribution is -2.09. The lowest BCUT2D eigenvalue weighted by molar-refractivity contribution is 0.132. The molecule has 13 heteroatoms. The third-order valence-electron chi connectivity index (χ3n) is 2.86. The second kappa shape index (κ2) is 8.81. The second-order valence-corrected chi connectivity index (χ2v) is 4.79. The van der Waals surface area contributed by atoms with Gasteiger partial charge in [-0.25, -0.2) is 19.2 Å². The summed E-state index contributed by atoms with van der Waals surface area (Å²) in [6.07, 6.45) is -6.91. The summed E-state index contributed by atoms with van der Waals surface area (Å²) in [4.78, 5) is 42.8. The molecule has 0 unspecified atom stereocenters. The predicted octanol–water partition coefficient (Wildman–Crippen LogP) is 3.71. The van der Waals surface area contributed by atoms with Gasteiger partial charge in [0, 0.05) is 12.1 Å². The molecule has 0 aliphatic carbocycles. The zero-order chi connectivity index (χ0) is 21.6.